The minimum atomic E-state index is -3.82. The maximum Gasteiger partial charge on any atom is 0.252 e. The van der Waals surface area contributed by atoms with E-state index in [1.54, 1.807) is 31.2 Å². The van der Waals surface area contributed by atoms with Gasteiger partial charge in [0.15, 0.2) is 0 Å². The SMILES string of the molecule is CC[C@H](NC(=O)c1cc(C#N)cc(N(C2CN(C(c3ccc(Cl)cc3)c3ccc(Cl)cc3)C2)S(C)(=O)=O)c1)C(N)=O. The molecule has 214 valence electrons. The van der Waals surface area contributed by atoms with Gasteiger partial charge in [-0.25, -0.2) is 8.42 Å². The number of carbonyl (C=O) groups is 2. The molecule has 4 rings (SSSR count). The van der Waals surface area contributed by atoms with E-state index in [1.165, 1.54) is 22.5 Å². The number of amides is 2. The van der Waals surface area contributed by atoms with Crippen molar-refractivity contribution in [1.82, 2.24) is 10.2 Å². The van der Waals surface area contributed by atoms with Gasteiger partial charge in [-0.2, -0.15) is 5.26 Å². The Morgan fingerprint density at radius 1 is 1.05 bits per heavy atom. The average molecular weight is 615 g/mol. The van der Waals surface area contributed by atoms with Crippen LogP contribution in [0.1, 0.15) is 46.4 Å². The average Bonchev–Trinajstić information content (AvgIpc) is 2.90. The molecule has 1 fully saturated rings. The summed E-state index contributed by atoms with van der Waals surface area (Å²) in [6.07, 6.45) is 1.37. The predicted molar refractivity (Wildman–Crippen MR) is 159 cm³/mol. The first-order valence-electron chi connectivity index (χ1n) is 12.8. The van der Waals surface area contributed by atoms with Gasteiger partial charge in [0.1, 0.15) is 6.04 Å². The van der Waals surface area contributed by atoms with Gasteiger partial charge < -0.3 is 11.1 Å². The fourth-order valence-corrected chi connectivity index (χ4v) is 6.39. The molecular formula is C29H29Cl2N5O4S. The summed E-state index contributed by atoms with van der Waals surface area (Å²) < 4.78 is 27.4. The topological polar surface area (TPSA) is 137 Å². The minimum absolute atomic E-state index is 0.0452. The van der Waals surface area contributed by atoms with Crippen LogP contribution >= 0.6 is 23.2 Å². The molecule has 0 spiro atoms. The van der Waals surface area contributed by atoms with E-state index in [9.17, 15) is 23.3 Å². The number of nitriles is 1. The van der Waals surface area contributed by atoms with Crippen LogP contribution < -0.4 is 15.4 Å². The second-order valence-electron chi connectivity index (χ2n) is 9.89. The van der Waals surface area contributed by atoms with Crippen molar-refractivity contribution >= 4 is 50.7 Å². The summed E-state index contributed by atoms with van der Waals surface area (Å²) in [6.45, 7) is 2.45. The Bertz CT molecular complexity index is 1540. The van der Waals surface area contributed by atoms with Gasteiger partial charge in [0, 0.05) is 28.7 Å². The van der Waals surface area contributed by atoms with Crippen LogP contribution in [-0.2, 0) is 14.8 Å². The monoisotopic (exact) mass is 613 g/mol. The van der Waals surface area contributed by atoms with Gasteiger partial charge >= 0.3 is 0 Å². The van der Waals surface area contributed by atoms with Gasteiger partial charge in [-0.3, -0.25) is 18.8 Å². The quantitative estimate of drug-likeness (QED) is 0.353. The first kappa shape index (κ1) is 30.3. The smallest absolute Gasteiger partial charge is 0.252 e. The highest BCUT2D eigenvalue weighted by molar-refractivity contribution is 7.92. The first-order chi connectivity index (χ1) is 19.4. The van der Waals surface area contributed by atoms with Crippen LogP contribution in [0, 0.1) is 11.3 Å². The lowest BCUT2D eigenvalue weighted by Gasteiger charge is -2.48. The number of nitrogens with zero attached hydrogens (tertiary/aromatic N) is 3. The molecule has 2 amide bonds. The highest BCUT2D eigenvalue weighted by Gasteiger charge is 2.41. The van der Waals surface area contributed by atoms with E-state index < -0.39 is 33.9 Å². The maximum absolute atomic E-state index is 13.1. The summed E-state index contributed by atoms with van der Waals surface area (Å²) in [7, 11) is -3.82. The number of halogens is 2. The van der Waals surface area contributed by atoms with Crippen molar-refractivity contribution < 1.29 is 18.0 Å². The van der Waals surface area contributed by atoms with Gasteiger partial charge in [0.2, 0.25) is 15.9 Å². The molecule has 1 saturated heterocycles. The van der Waals surface area contributed by atoms with Crippen molar-refractivity contribution in [3.8, 4) is 6.07 Å². The van der Waals surface area contributed by atoms with Crippen LogP contribution in [0.15, 0.2) is 66.7 Å². The van der Waals surface area contributed by atoms with Crippen molar-refractivity contribution in [1.29, 1.82) is 5.26 Å². The highest BCUT2D eigenvalue weighted by atomic mass is 35.5. The molecule has 0 unspecified atom stereocenters. The first-order valence-corrected chi connectivity index (χ1v) is 15.4. The summed E-state index contributed by atoms with van der Waals surface area (Å²) >= 11 is 12.3. The number of primary amides is 1. The Morgan fingerprint density at radius 3 is 2.02 bits per heavy atom. The van der Waals surface area contributed by atoms with Crippen molar-refractivity contribution in [3.63, 3.8) is 0 Å². The van der Waals surface area contributed by atoms with E-state index in [2.05, 4.69) is 10.2 Å². The molecule has 0 saturated carbocycles. The number of likely N-dealkylation sites (tertiary alicyclic amines) is 1. The number of hydrogen-bond donors (Lipinski definition) is 2. The van der Waals surface area contributed by atoms with Crippen molar-refractivity contribution in [3.05, 3.63) is 99.0 Å². The van der Waals surface area contributed by atoms with Gasteiger partial charge in [-0.15, -0.1) is 0 Å². The second kappa shape index (κ2) is 12.5. The molecular weight excluding hydrogens is 585 g/mol. The summed E-state index contributed by atoms with van der Waals surface area (Å²) in [4.78, 5) is 26.7. The number of carbonyl (C=O) groups excluding carboxylic acids is 2. The lowest BCUT2D eigenvalue weighted by atomic mass is 9.93. The number of benzene rings is 3. The normalized spacial score (nSPS) is 14.6. The van der Waals surface area contributed by atoms with Crippen LogP contribution in [0.3, 0.4) is 0 Å². The number of anilines is 1. The summed E-state index contributed by atoms with van der Waals surface area (Å²) in [5, 5.41) is 13.4. The van der Waals surface area contributed by atoms with Crippen molar-refractivity contribution in [2.75, 3.05) is 23.7 Å². The third kappa shape index (κ3) is 7.00. The lowest BCUT2D eigenvalue weighted by Crippen LogP contribution is -2.61. The van der Waals surface area contributed by atoms with Crippen molar-refractivity contribution in [2.24, 2.45) is 5.73 Å². The fourth-order valence-electron chi connectivity index (χ4n) is 4.97. The van der Waals surface area contributed by atoms with Crippen molar-refractivity contribution in [2.45, 2.75) is 31.5 Å². The molecule has 1 heterocycles. The molecule has 12 heteroatoms. The van der Waals surface area contributed by atoms with E-state index >= 15 is 0 Å². The Labute approximate surface area is 249 Å². The van der Waals surface area contributed by atoms with Gasteiger partial charge in [-0.05, 0) is 60.0 Å². The summed E-state index contributed by atoms with van der Waals surface area (Å²) in [5.41, 5.74) is 7.64. The maximum atomic E-state index is 13.1. The lowest BCUT2D eigenvalue weighted by molar-refractivity contribution is -0.119. The molecule has 0 radical (unpaired) electrons. The molecule has 1 atom stereocenters. The predicted octanol–water partition coefficient (Wildman–Crippen LogP) is 4.10. The minimum Gasteiger partial charge on any atom is -0.368 e. The molecule has 41 heavy (non-hydrogen) atoms. The molecule has 3 N–H and O–H groups in total. The largest absolute Gasteiger partial charge is 0.368 e. The fraction of sp³-hybridized carbons (Fsp3) is 0.276. The molecule has 3 aromatic carbocycles. The van der Waals surface area contributed by atoms with Gasteiger partial charge in [0.05, 0.1) is 35.7 Å². The number of nitrogens with two attached hydrogens (primary N) is 1. The molecule has 9 nitrogen and oxygen atoms in total. The summed E-state index contributed by atoms with van der Waals surface area (Å²) in [6, 6.07) is 19.6. The van der Waals surface area contributed by atoms with E-state index in [1.807, 2.05) is 30.3 Å². The highest BCUT2D eigenvalue weighted by Crippen LogP contribution is 2.37. The molecule has 0 aromatic heterocycles. The van der Waals surface area contributed by atoms with E-state index in [-0.39, 0.29) is 29.3 Å². The molecule has 0 bridgehead atoms. The van der Waals surface area contributed by atoms with Gasteiger partial charge in [0.25, 0.3) is 5.91 Å². The zero-order valence-electron chi connectivity index (χ0n) is 22.4. The number of sulfonamides is 1. The third-order valence-corrected chi connectivity index (χ3v) is 8.66. The second-order valence-corrected chi connectivity index (χ2v) is 12.6. The van der Waals surface area contributed by atoms with Crippen LogP contribution in [0.25, 0.3) is 0 Å². The zero-order valence-corrected chi connectivity index (χ0v) is 24.7. The van der Waals surface area contributed by atoms with E-state index in [4.69, 9.17) is 28.9 Å². The zero-order chi connectivity index (χ0) is 29.9. The standard InChI is InChI=1S/C29H29Cl2N5O4S/c1-3-26(28(33)37)34-29(38)21-12-18(15-32)13-24(14-21)36(41(2,39)40)25-16-35(17-25)27(19-4-8-22(30)9-5-19)20-6-10-23(31)11-7-20/h4-14,25-27H,3,16-17H2,1-2H3,(H2,33,37)(H,34,38)/t26-/m0/s1. The number of nitrogens with one attached hydrogen (secondary N) is 1. The molecule has 1 aliphatic heterocycles. The Balaban J connectivity index is 1.66. The van der Waals surface area contributed by atoms with E-state index in [0.29, 0.717) is 23.1 Å². The molecule has 1 aliphatic rings. The Kier molecular flexibility index (Phi) is 9.24. The van der Waals surface area contributed by atoms with E-state index in [0.717, 1.165) is 17.4 Å². The number of rotatable bonds is 10. The van der Waals surface area contributed by atoms with Crippen LogP contribution in [0.2, 0.25) is 10.0 Å². The molecule has 3 aromatic rings. The third-order valence-electron chi connectivity index (χ3n) is 6.94. The molecule has 0 aliphatic carbocycles. The van der Waals surface area contributed by atoms with Crippen LogP contribution in [0.5, 0.6) is 0 Å². The Morgan fingerprint density at radius 2 is 1.59 bits per heavy atom. The number of hydrogen-bond acceptors (Lipinski definition) is 6. The summed E-state index contributed by atoms with van der Waals surface area (Å²) in [5.74, 6) is -1.33. The van der Waals surface area contributed by atoms with Gasteiger partial charge in [-0.1, -0.05) is 54.4 Å². The van der Waals surface area contributed by atoms with Crippen LogP contribution in [-0.4, -0.2) is 56.6 Å². The van der Waals surface area contributed by atoms with Crippen LogP contribution in [0.4, 0.5) is 5.69 Å². The Hall–Kier alpha value is -3.62.